The summed E-state index contributed by atoms with van der Waals surface area (Å²) in [7, 11) is -4.71. The Morgan fingerprint density at radius 3 is 2.48 bits per heavy atom. The Balaban J connectivity index is 2.30. The minimum atomic E-state index is -4.71. The van der Waals surface area contributed by atoms with E-state index in [-0.39, 0.29) is 11.4 Å². The van der Waals surface area contributed by atoms with Crippen LogP contribution in [-0.2, 0) is 16.3 Å². The zero-order valence-corrected chi connectivity index (χ0v) is 14.2. The molecule has 2 aromatic rings. The molecular formula is C16H11F6NO3S. The van der Waals surface area contributed by atoms with Gasteiger partial charge in [-0.05, 0) is 24.6 Å². The van der Waals surface area contributed by atoms with Crippen molar-refractivity contribution in [3.05, 3.63) is 47.0 Å². The first-order valence-corrected chi connectivity index (χ1v) is 9.18. The van der Waals surface area contributed by atoms with Gasteiger partial charge in [0.15, 0.2) is 6.01 Å². The van der Waals surface area contributed by atoms with Crippen molar-refractivity contribution < 1.29 is 39.6 Å². The highest BCUT2D eigenvalue weighted by Crippen LogP contribution is 2.39. The van der Waals surface area contributed by atoms with Crippen LogP contribution >= 0.6 is 0 Å². The number of alkyl halides is 5. The fraction of sp³-hybridized carbons (Fsp3) is 0.312. The van der Waals surface area contributed by atoms with Crippen LogP contribution in [0.3, 0.4) is 0 Å². The standard InChI is InChI=1S/C16H11F6NO3S/c17-7-27(25,26)12-6-23(8-1-2-10(18)9(5-8)15(19)20)11-3-4-16(21,22)14(24)13(11)12/h1-2,5-6,15H,3-4,7H2. The topological polar surface area (TPSA) is 56.1 Å². The van der Waals surface area contributed by atoms with Crippen LogP contribution in [0.15, 0.2) is 29.3 Å². The number of sulfone groups is 1. The molecule has 0 unspecified atom stereocenters. The Labute approximate surface area is 149 Å². The SMILES string of the molecule is O=C1c2c(S(=O)(=O)CF)cn(-c3ccc(F)c(C(F)F)c3)c2CCC1(F)F. The van der Waals surface area contributed by atoms with E-state index in [9.17, 15) is 39.6 Å². The molecule has 0 spiro atoms. The van der Waals surface area contributed by atoms with Crippen molar-refractivity contribution in [1.82, 2.24) is 4.57 Å². The largest absolute Gasteiger partial charge is 0.319 e. The minimum absolute atomic E-state index is 0.165. The van der Waals surface area contributed by atoms with Crippen LogP contribution in [0.5, 0.6) is 0 Å². The Kier molecular flexibility index (Phi) is 4.61. The summed E-state index contributed by atoms with van der Waals surface area (Å²) in [6, 6.07) is 0.494. The molecule has 1 heterocycles. The van der Waals surface area contributed by atoms with Crippen LogP contribution < -0.4 is 0 Å². The molecule has 0 saturated carbocycles. The number of carbonyl (C=O) groups is 1. The van der Waals surface area contributed by atoms with Gasteiger partial charge in [-0.1, -0.05) is 0 Å². The first-order chi connectivity index (χ1) is 12.5. The third-order valence-corrected chi connectivity index (χ3v) is 5.55. The number of hydrogen-bond acceptors (Lipinski definition) is 3. The molecule has 1 aliphatic rings. The number of Topliss-reactive ketones (excluding diaryl/α,β-unsaturated/α-hetero) is 1. The molecule has 0 N–H and O–H groups in total. The smallest absolute Gasteiger partial charge is 0.310 e. The number of fused-ring (bicyclic) bond motifs is 1. The third kappa shape index (κ3) is 3.13. The van der Waals surface area contributed by atoms with E-state index >= 15 is 0 Å². The highest BCUT2D eigenvalue weighted by atomic mass is 32.2. The van der Waals surface area contributed by atoms with Gasteiger partial charge in [0, 0.05) is 24.0 Å². The van der Waals surface area contributed by atoms with E-state index in [0.29, 0.717) is 12.1 Å². The van der Waals surface area contributed by atoms with E-state index in [1.54, 1.807) is 0 Å². The molecular weight excluding hydrogens is 400 g/mol. The first-order valence-electron chi connectivity index (χ1n) is 7.53. The van der Waals surface area contributed by atoms with Gasteiger partial charge in [-0.15, -0.1) is 0 Å². The molecule has 1 aliphatic carbocycles. The molecule has 0 fully saturated rings. The lowest BCUT2D eigenvalue weighted by Gasteiger charge is -2.22. The second-order valence-electron chi connectivity index (χ2n) is 5.95. The van der Waals surface area contributed by atoms with Crippen molar-refractivity contribution in [2.24, 2.45) is 0 Å². The number of ketones is 1. The Morgan fingerprint density at radius 2 is 1.89 bits per heavy atom. The third-order valence-electron chi connectivity index (χ3n) is 4.28. The monoisotopic (exact) mass is 411 g/mol. The van der Waals surface area contributed by atoms with E-state index in [0.717, 1.165) is 16.8 Å². The Bertz CT molecular complexity index is 1030. The second kappa shape index (κ2) is 6.39. The lowest BCUT2D eigenvalue weighted by Crippen LogP contribution is -2.35. The summed E-state index contributed by atoms with van der Waals surface area (Å²) < 4.78 is 105. The van der Waals surface area contributed by atoms with Crippen LogP contribution in [0.4, 0.5) is 26.3 Å². The lowest BCUT2D eigenvalue weighted by molar-refractivity contribution is 0.00141. The number of nitrogens with zero attached hydrogens (tertiary/aromatic N) is 1. The molecule has 0 radical (unpaired) electrons. The predicted molar refractivity (Wildman–Crippen MR) is 81.4 cm³/mol. The first kappa shape index (κ1) is 19.5. The van der Waals surface area contributed by atoms with Crippen LogP contribution in [0.2, 0.25) is 0 Å². The molecule has 3 rings (SSSR count). The summed E-state index contributed by atoms with van der Waals surface area (Å²) in [6.45, 7) is 0. The van der Waals surface area contributed by atoms with Gasteiger partial charge in [-0.25, -0.2) is 26.0 Å². The maximum absolute atomic E-state index is 13.8. The number of halogens is 6. The van der Waals surface area contributed by atoms with E-state index in [1.807, 2.05) is 0 Å². The molecule has 0 saturated heterocycles. The molecule has 0 atom stereocenters. The maximum Gasteiger partial charge on any atom is 0.310 e. The summed E-state index contributed by atoms with van der Waals surface area (Å²) in [6.07, 6.45) is -3.85. The molecule has 0 aliphatic heterocycles. The summed E-state index contributed by atoms with van der Waals surface area (Å²) in [4.78, 5) is 11.1. The van der Waals surface area contributed by atoms with Gasteiger partial charge < -0.3 is 4.57 Å². The minimum Gasteiger partial charge on any atom is -0.319 e. The molecule has 1 aromatic heterocycles. The van der Waals surface area contributed by atoms with Crippen molar-refractivity contribution in [2.45, 2.75) is 30.1 Å². The van der Waals surface area contributed by atoms with E-state index in [1.165, 1.54) is 0 Å². The highest BCUT2D eigenvalue weighted by Gasteiger charge is 2.47. The Morgan fingerprint density at radius 1 is 1.22 bits per heavy atom. The van der Waals surface area contributed by atoms with Crippen molar-refractivity contribution in [3.8, 4) is 5.69 Å². The number of carbonyl (C=O) groups excluding carboxylic acids is 1. The summed E-state index contributed by atoms with van der Waals surface area (Å²) in [5.41, 5.74) is -2.21. The van der Waals surface area contributed by atoms with Crippen molar-refractivity contribution >= 4 is 15.6 Å². The molecule has 1 aromatic carbocycles. The van der Waals surface area contributed by atoms with Gasteiger partial charge in [0.2, 0.25) is 15.6 Å². The summed E-state index contributed by atoms with van der Waals surface area (Å²) >= 11 is 0. The van der Waals surface area contributed by atoms with E-state index in [2.05, 4.69) is 0 Å². The number of rotatable bonds is 4. The fourth-order valence-electron chi connectivity index (χ4n) is 2.96. The van der Waals surface area contributed by atoms with Crippen molar-refractivity contribution in [3.63, 3.8) is 0 Å². The van der Waals surface area contributed by atoms with Crippen molar-refractivity contribution in [2.75, 3.05) is 6.01 Å². The van der Waals surface area contributed by atoms with Gasteiger partial charge in [0.25, 0.3) is 6.43 Å². The zero-order valence-electron chi connectivity index (χ0n) is 13.4. The second-order valence-corrected chi connectivity index (χ2v) is 7.84. The summed E-state index contributed by atoms with van der Waals surface area (Å²) in [5, 5.41) is 0. The molecule has 0 bridgehead atoms. The van der Waals surface area contributed by atoms with Gasteiger partial charge >= 0.3 is 5.92 Å². The lowest BCUT2D eigenvalue weighted by atomic mass is 9.93. The van der Waals surface area contributed by atoms with Gasteiger partial charge in [-0.3, -0.25) is 4.79 Å². The fourth-order valence-corrected chi connectivity index (χ4v) is 3.86. The number of aromatic nitrogens is 1. The molecule has 11 heteroatoms. The molecule has 146 valence electrons. The predicted octanol–water partition coefficient (Wildman–Crippen LogP) is 4.02. The van der Waals surface area contributed by atoms with Crippen LogP contribution in [0, 0.1) is 5.82 Å². The van der Waals surface area contributed by atoms with Crippen LogP contribution in [0.1, 0.15) is 34.5 Å². The molecule has 27 heavy (non-hydrogen) atoms. The number of hydrogen-bond donors (Lipinski definition) is 0. The zero-order chi connectivity index (χ0) is 20.1. The van der Waals surface area contributed by atoms with E-state index in [4.69, 9.17) is 0 Å². The maximum atomic E-state index is 13.8. The van der Waals surface area contributed by atoms with E-state index < -0.39 is 68.7 Å². The average molecular weight is 411 g/mol. The molecule has 0 amide bonds. The highest BCUT2D eigenvalue weighted by molar-refractivity contribution is 7.91. The Hall–Kier alpha value is -2.30. The van der Waals surface area contributed by atoms with Crippen LogP contribution in [0.25, 0.3) is 5.69 Å². The normalized spacial score (nSPS) is 16.6. The van der Waals surface area contributed by atoms with Crippen LogP contribution in [-0.4, -0.2) is 30.7 Å². The van der Waals surface area contributed by atoms with Crippen molar-refractivity contribution in [1.29, 1.82) is 0 Å². The average Bonchev–Trinajstić information content (AvgIpc) is 2.99. The summed E-state index contributed by atoms with van der Waals surface area (Å²) in [5.74, 6) is -6.84. The number of benzene rings is 1. The quantitative estimate of drug-likeness (QED) is 0.715. The van der Waals surface area contributed by atoms with Gasteiger partial charge in [0.1, 0.15) is 5.82 Å². The van der Waals surface area contributed by atoms with Gasteiger partial charge in [0.05, 0.1) is 16.0 Å². The molecule has 4 nitrogen and oxygen atoms in total. The van der Waals surface area contributed by atoms with Gasteiger partial charge in [-0.2, -0.15) is 8.78 Å².